The molecule has 1 aromatic heterocycles. The summed E-state index contributed by atoms with van der Waals surface area (Å²) in [5, 5.41) is 22.0. The van der Waals surface area contributed by atoms with E-state index in [1.54, 1.807) is 0 Å². The van der Waals surface area contributed by atoms with E-state index in [4.69, 9.17) is 4.42 Å². The van der Waals surface area contributed by atoms with Crippen LogP contribution >= 0.6 is 0 Å². The predicted octanol–water partition coefficient (Wildman–Crippen LogP) is 10.00. The van der Waals surface area contributed by atoms with E-state index in [2.05, 4.69) is 36.4 Å². The molecule has 3 nitrogen and oxygen atoms in total. The van der Waals surface area contributed by atoms with Crippen molar-refractivity contribution in [1.82, 2.24) is 0 Å². The second-order valence-corrected chi connectivity index (χ2v) is 9.94. The Kier molecular flexibility index (Phi) is 5.90. The molecule has 41 heavy (non-hydrogen) atoms. The highest BCUT2D eigenvalue weighted by Crippen LogP contribution is 2.42. The smallest absolute Gasteiger partial charge is 0.136 e. The summed E-state index contributed by atoms with van der Waals surface area (Å²) >= 11 is 0. The molecule has 3 heteroatoms. The van der Waals surface area contributed by atoms with Gasteiger partial charge in [0.1, 0.15) is 17.2 Å². The maximum atomic E-state index is 10.3. The van der Waals surface area contributed by atoms with Crippen molar-refractivity contribution in [3.05, 3.63) is 145 Å². The highest BCUT2D eigenvalue weighted by molar-refractivity contribution is 6.13. The van der Waals surface area contributed by atoms with E-state index in [9.17, 15) is 10.5 Å². The summed E-state index contributed by atoms with van der Waals surface area (Å²) in [6.07, 6.45) is 0. The van der Waals surface area contributed by atoms with E-state index in [-0.39, 0.29) is 0 Å². The number of hydrogen-bond acceptors (Lipinski definition) is 3. The Balaban J connectivity index is 1.49. The van der Waals surface area contributed by atoms with Gasteiger partial charge in [-0.15, -0.1) is 0 Å². The van der Waals surface area contributed by atoms with Crippen molar-refractivity contribution in [2.24, 2.45) is 0 Å². The minimum Gasteiger partial charge on any atom is -0.456 e. The summed E-state index contributed by atoms with van der Waals surface area (Å²) in [7, 11) is 0. The topological polar surface area (TPSA) is 60.7 Å². The van der Waals surface area contributed by atoms with Gasteiger partial charge < -0.3 is 4.42 Å². The van der Waals surface area contributed by atoms with Crippen LogP contribution in [-0.2, 0) is 0 Å². The monoisotopic (exact) mass is 522 g/mol. The molecule has 0 fully saturated rings. The van der Waals surface area contributed by atoms with E-state index >= 15 is 0 Å². The van der Waals surface area contributed by atoms with Gasteiger partial charge in [0.05, 0.1) is 17.2 Å². The van der Waals surface area contributed by atoms with E-state index in [1.807, 2.05) is 109 Å². The number of hydrogen-bond donors (Lipinski definition) is 0. The van der Waals surface area contributed by atoms with Gasteiger partial charge in [0.15, 0.2) is 0 Å². The standard InChI is InChI=1S/C38H22N2O/c39-23-28-14-7-8-15-30(28)27-18-19-32-37(22-27)41-36-17-9-16-31(38(32)36)29-20-33(25-10-3-1-4-11-25)35(24-40)34(21-29)26-12-5-2-6-13-26/h1-22H. The van der Waals surface area contributed by atoms with Gasteiger partial charge in [-0.25, -0.2) is 0 Å². The molecule has 7 rings (SSSR count). The van der Waals surface area contributed by atoms with Crippen LogP contribution in [0.25, 0.3) is 66.4 Å². The first-order chi connectivity index (χ1) is 20.2. The number of furan rings is 1. The maximum Gasteiger partial charge on any atom is 0.136 e. The lowest BCUT2D eigenvalue weighted by Gasteiger charge is -2.15. The molecule has 190 valence electrons. The molecule has 0 unspecified atom stereocenters. The second kappa shape index (κ2) is 10.0. The van der Waals surface area contributed by atoms with E-state index in [0.717, 1.165) is 66.4 Å². The normalized spacial score (nSPS) is 10.9. The van der Waals surface area contributed by atoms with E-state index in [0.29, 0.717) is 11.1 Å². The highest BCUT2D eigenvalue weighted by Gasteiger charge is 2.19. The average Bonchev–Trinajstić information content (AvgIpc) is 3.43. The lowest BCUT2D eigenvalue weighted by atomic mass is 9.87. The zero-order chi connectivity index (χ0) is 27.8. The first-order valence-corrected chi connectivity index (χ1v) is 13.4. The van der Waals surface area contributed by atoms with Gasteiger partial charge in [0, 0.05) is 21.9 Å². The second-order valence-electron chi connectivity index (χ2n) is 9.94. The van der Waals surface area contributed by atoms with Crippen LogP contribution in [0.3, 0.4) is 0 Å². The van der Waals surface area contributed by atoms with Gasteiger partial charge in [-0.3, -0.25) is 0 Å². The Morgan fingerprint density at radius 2 is 1.07 bits per heavy atom. The summed E-state index contributed by atoms with van der Waals surface area (Å²) in [6.45, 7) is 0. The van der Waals surface area contributed by atoms with Gasteiger partial charge in [-0.1, -0.05) is 97.1 Å². The third-order valence-electron chi connectivity index (χ3n) is 7.59. The molecule has 0 aliphatic heterocycles. The lowest BCUT2D eigenvalue weighted by Crippen LogP contribution is -1.93. The highest BCUT2D eigenvalue weighted by atomic mass is 16.3. The first kappa shape index (κ1) is 24.2. The molecule has 0 amide bonds. The molecule has 0 aliphatic rings. The maximum absolute atomic E-state index is 10.3. The minimum absolute atomic E-state index is 0.628. The van der Waals surface area contributed by atoms with Crippen molar-refractivity contribution in [3.63, 3.8) is 0 Å². The van der Waals surface area contributed by atoms with Crippen molar-refractivity contribution in [2.75, 3.05) is 0 Å². The molecular weight excluding hydrogens is 500 g/mol. The number of fused-ring (bicyclic) bond motifs is 3. The van der Waals surface area contributed by atoms with Crippen molar-refractivity contribution >= 4 is 21.9 Å². The Labute approximate surface area is 237 Å². The first-order valence-electron chi connectivity index (χ1n) is 13.4. The third-order valence-corrected chi connectivity index (χ3v) is 7.59. The fraction of sp³-hybridized carbons (Fsp3) is 0. The Hall–Kier alpha value is -5.90. The molecular formula is C38H22N2O. The summed E-state index contributed by atoms with van der Waals surface area (Å²) in [5.41, 5.74) is 10.5. The molecule has 1 heterocycles. The molecule has 6 aromatic carbocycles. The van der Waals surface area contributed by atoms with Crippen LogP contribution in [0.4, 0.5) is 0 Å². The SMILES string of the molecule is N#Cc1ccccc1-c1ccc2c(c1)oc1cccc(-c3cc(-c4ccccc4)c(C#N)c(-c4ccccc4)c3)c12. The fourth-order valence-corrected chi connectivity index (χ4v) is 5.68. The number of benzene rings is 6. The fourth-order valence-electron chi connectivity index (χ4n) is 5.68. The molecule has 0 spiro atoms. The quantitative estimate of drug-likeness (QED) is 0.231. The molecule has 0 aliphatic carbocycles. The Bertz CT molecular complexity index is 2100. The van der Waals surface area contributed by atoms with Gasteiger partial charge in [0.25, 0.3) is 0 Å². The van der Waals surface area contributed by atoms with E-state index in [1.165, 1.54) is 0 Å². The molecule has 0 radical (unpaired) electrons. The van der Waals surface area contributed by atoms with E-state index < -0.39 is 0 Å². The predicted molar refractivity (Wildman–Crippen MR) is 165 cm³/mol. The minimum atomic E-state index is 0.628. The Morgan fingerprint density at radius 1 is 0.439 bits per heavy atom. The van der Waals surface area contributed by atoms with Crippen LogP contribution in [0.1, 0.15) is 11.1 Å². The summed E-state index contributed by atoms with van der Waals surface area (Å²) in [6, 6.07) is 49.0. The van der Waals surface area contributed by atoms with Crippen LogP contribution in [0, 0.1) is 22.7 Å². The summed E-state index contributed by atoms with van der Waals surface area (Å²) < 4.78 is 6.39. The molecule has 0 saturated carbocycles. The van der Waals surface area contributed by atoms with Crippen molar-refractivity contribution in [3.8, 4) is 56.6 Å². The number of nitrogens with zero attached hydrogens (tertiary/aromatic N) is 2. The van der Waals surface area contributed by atoms with Crippen molar-refractivity contribution in [1.29, 1.82) is 10.5 Å². The number of rotatable bonds is 4. The zero-order valence-electron chi connectivity index (χ0n) is 22.0. The van der Waals surface area contributed by atoms with Crippen molar-refractivity contribution < 1.29 is 4.42 Å². The van der Waals surface area contributed by atoms with Gasteiger partial charge >= 0.3 is 0 Å². The van der Waals surface area contributed by atoms with Gasteiger partial charge in [-0.2, -0.15) is 10.5 Å². The molecule has 0 N–H and O–H groups in total. The van der Waals surface area contributed by atoms with Crippen LogP contribution in [0.5, 0.6) is 0 Å². The van der Waals surface area contributed by atoms with Gasteiger partial charge in [-0.05, 0) is 69.8 Å². The summed E-state index contributed by atoms with van der Waals surface area (Å²) in [4.78, 5) is 0. The number of nitriles is 2. The van der Waals surface area contributed by atoms with Crippen LogP contribution in [0.2, 0.25) is 0 Å². The van der Waals surface area contributed by atoms with Gasteiger partial charge in [0.2, 0.25) is 0 Å². The molecule has 0 atom stereocenters. The lowest BCUT2D eigenvalue weighted by molar-refractivity contribution is 0.669. The zero-order valence-corrected chi connectivity index (χ0v) is 22.0. The molecule has 0 bridgehead atoms. The average molecular weight is 523 g/mol. The molecule has 0 saturated heterocycles. The molecule has 7 aromatic rings. The Morgan fingerprint density at radius 3 is 1.73 bits per heavy atom. The largest absolute Gasteiger partial charge is 0.456 e. The van der Waals surface area contributed by atoms with Crippen LogP contribution in [-0.4, -0.2) is 0 Å². The van der Waals surface area contributed by atoms with Crippen LogP contribution < -0.4 is 0 Å². The summed E-state index contributed by atoms with van der Waals surface area (Å²) in [5.74, 6) is 0. The van der Waals surface area contributed by atoms with Crippen molar-refractivity contribution in [2.45, 2.75) is 0 Å². The van der Waals surface area contributed by atoms with Crippen LogP contribution in [0.15, 0.2) is 138 Å². The third kappa shape index (κ3) is 4.14.